The van der Waals surface area contributed by atoms with Gasteiger partial charge < -0.3 is 5.11 Å². The molecule has 1 nitrogen and oxygen atoms in total. The summed E-state index contributed by atoms with van der Waals surface area (Å²) in [4.78, 5) is 0. The van der Waals surface area contributed by atoms with Gasteiger partial charge in [-0.1, -0.05) is 0 Å². The number of benzene rings is 1. The third-order valence-corrected chi connectivity index (χ3v) is 2.77. The average Bonchev–Trinajstić information content (AvgIpc) is 2.31. The fourth-order valence-corrected chi connectivity index (χ4v) is 1.99. The van der Waals surface area contributed by atoms with Gasteiger partial charge >= 0.3 is 24.7 Å². The molecule has 0 aliphatic rings. The number of halogens is 12. The van der Waals surface area contributed by atoms with E-state index >= 15 is 0 Å². The van der Waals surface area contributed by atoms with Crippen LogP contribution in [0.15, 0.2) is 6.07 Å². The summed E-state index contributed by atoms with van der Waals surface area (Å²) in [6, 6.07) is -1.26. The van der Waals surface area contributed by atoms with Gasteiger partial charge in [0, 0.05) is 5.56 Å². The maximum Gasteiger partial charge on any atom is 0.417 e. The summed E-state index contributed by atoms with van der Waals surface area (Å²) in [6.45, 7) is -2.34. The zero-order chi connectivity index (χ0) is 19.3. The summed E-state index contributed by atoms with van der Waals surface area (Å²) in [6.07, 6.45) is -24.3. The summed E-state index contributed by atoms with van der Waals surface area (Å²) in [5, 5.41) is 8.67. The predicted octanol–water partition coefficient (Wildman–Crippen LogP) is 5.25. The van der Waals surface area contributed by atoms with Crippen LogP contribution in [0.4, 0.5) is 52.7 Å². The Labute approximate surface area is 124 Å². The second-order valence-electron chi connectivity index (χ2n) is 4.35. The number of alkyl halides is 12. The molecule has 138 valence electrons. The highest BCUT2D eigenvalue weighted by molar-refractivity contribution is 5.51. The van der Waals surface area contributed by atoms with E-state index in [4.69, 9.17) is 5.11 Å². The molecule has 1 aromatic rings. The lowest BCUT2D eigenvalue weighted by Gasteiger charge is -2.25. The van der Waals surface area contributed by atoms with Gasteiger partial charge in [0.2, 0.25) is 0 Å². The smallest absolute Gasteiger partial charge is 0.392 e. The topological polar surface area (TPSA) is 20.2 Å². The zero-order valence-corrected chi connectivity index (χ0v) is 10.8. The van der Waals surface area contributed by atoms with E-state index in [2.05, 4.69) is 0 Å². The standard InChI is InChI=1S/C11H4F12O/c12-8(13,14)4-1-5(9(15,16)17)7(11(21,22)23)3(2-24)6(4)10(18,19)20/h1,24H,2H2. The quantitative estimate of drug-likeness (QED) is 0.660. The predicted molar refractivity (Wildman–Crippen MR) is 52.4 cm³/mol. The fraction of sp³-hybridized carbons (Fsp3) is 0.455. The number of aliphatic hydroxyl groups is 1. The van der Waals surface area contributed by atoms with Gasteiger partial charge in [-0.2, -0.15) is 52.7 Å². The van der Waals surface area contributed by atoms with Gasteiger partial charge in [-0.05, 0) is 6.07 Å². The Kier molecular flexibility index (Phi) is 4.85. The monoisotopic (exact) mass is 380 g/mol. The van der Waals surface area contributed by atoms with Gasteiger partial charge in [0.1, 0.15) is 0 Å². The molecule has 0 aromatic heterocycles. The molecule has 13 heteroatoms. The Morgan fingerprint density at radius 2 is 0.875 bits per heavy atom. The van der Waals surface area contributed by atoms with Crippen molar-refractivity contribution >= 4 is 0 Å². The molecule has 0 aliphatic carbocycles. The number of hydrogen-bond donors (Lipinski definition) is 1. The molecule has 1 rings (SSSR count). The van der Waals surface area contributed by atoms with Crippen molar-refractivity contribution in [3.05, 3.63) is 33.9 Å². The summed E-state index contributed by atoms with van der Waals surface area (Å²) >= 11 is 0. The van der Waals surface area contributed by atoms with Crippen LogP contribution in [0, 0.1) is 0 Å². The Bertz CT molecular complexity index is 566. The van der Waals surface area contributed by atoms with Crippen LogP contribution in [-0.2, 0) is 31.3 Å². The van der Waals surface area contributed by atoms with Crippen molar-refractivity contribution in [1.29, 1.82) is 0 Å². The largest absolute Gasteiger partial charge is 0.417 e. The van der Waals surface area contributed by atoms with Crippen molar-refractivity contribution in [2.45, 2.75) is 31.3 Å². The van der Waals surface area contributed by atoms with Gasteiger partial charge in [-0.25, -0.2) is 0 Å². The minimum atomic E-state index is -6.09. The molecule has 0 aliphatic heterocycles. The number of hydrogen-bond acceptors (Lipinski definition) is 1. The molecule has 24 heavy (non-hydrogen) atoms. The van der Waals surface area contributed by atoms with E-state index in [1.54, 1.807) is 0 Å². The van der Waals surface area contributed by atoms with Crippen LogP contribution >= 0.6 is 0 Å². The lowest BCUT2D eigenvalue weighted by Crippen LogP contribution is -2.27. The van der Waals surface area contributed by atoms with E-state index in [1.807, 2.05) is 0 Å². The average molecular weight is 380 g/mol. The van der Waals surface area contributed by atoms with Gasteiger partial charge in [-0.3, -0.25) is 0 Å². The molecule has 0 fully saturated rings. The molecule has 0 radical (unpaired) electrons. The number of aliphatic hydroxyl groups excluding tert-OH is 1. The summed E-state index contributed by atoms with van der Waals surface area (Å²) in [5.74, 6) is 0. The molecule has 0 atom stereocenters. The van der Waals surface area contributed by atoms with E-state index in [0.717, 1.165) is 0 Å². The van der Waals surface area contributed by atoms with E-state index in [0.29, 0.717) is 0 Å². The van der Waals surface area contributed by atoms with Crippen molar-refractivity contribution < 1.29 is 57.8 Å². The number of rotatable bonds is 1. The maximum absolute atomic E-state index is 12.8. The Morgan fingerprint density at radius 3 is 1.04 bits per heavy atom. The molecule has 0 heterocycles. The van der Waals surface area contributed by atoms with Crippen molar-refractivity contribution in [3.63, 3.8) is 0 Å². The highest BCUT2D eigenvalue weighted by atomic mass is 19.4. The maximum atomic E-state index is 12.8. The second-order valence-corrected chi connectivity index (χ2v) is 4.35. The van der Waals surface area contributed by atoms with Crippen LogP contribution in [0.3, 0.4) is 0 Å². The lowest BCUT2D eigenvalue weighted by molar-refractivity contribution is -0.172. The van der Waals surface area contributed by atoms with Crippen LogP contribution in [0.2, 0.25) is 0 Å². The Balaban J connectivity index is 4.19. The van der Waals surface area contributed by atoms with Crippen molar-refractivity contribution in [1.82, 2.24) is 0 Å². The van der Waals surface area contributed by atoms with Crippen LogP contribution in [-0.4, -0.2) is 5.11 Å². The molecule has 0 unspecified atom stereocenters. The highest BCUT2D eigenvalue weighted by Gasteiger charge is 2.53. The van der Waals surface area contributed by atoms with Gasteiger partial charge in [0.25, 0.3) is 0 Å². The first-order valence-corrected chi connectivity index (χ1v) is 5.51. The molecule has 1 aromatic carbocycles. The normalized spacial score (nSPS) is 14.2. The van der Waals surface area contributed by atoms with E-state index < -0.39 is 65.2 Å². The first-order chi connectivity index (χ1) is 10.4. The molecule has 0 saturated heterocycles. The zero-order valence-electron chi connectivity index (χ0n) is 10.8. The minimum Gasteiger partial charge on any atom is -0.392 e. The SMILES string of the molecule is OCc1c(C(F)(F)F)c(C(F)(F)F)cc(C(F)(F)F)c1C(F)(F)F. The fourth-order valence-electron chi connectivity index (χ4n) is 1.99. The lowest BCUT2D eigenvalue weighted by atomic mass is 9.90. The first kappa shape index (κ1) is 20.4. The third-order valence-electron chi connectivity index (χ3n) is 2.77. The Hall–Kier alpha value is -1.66. The molecule has 0 amide bonds. The van der Waals surface area contributed by atoms with E-state index in [-0.39, 0.29) is 0 Å². The highest BCUT2D eigenvalue weighted by Crippen LogP contribution is 2.50. The van der Waals surface area contributed by atoms with Gasteiger partial charge in [0.05, 0.1) is 28.9 Å². The summed E-state index contributed by atoms with van der Waals surface area (Å²) in [5.41, 5.74) is -14.5. The minimum absolute atomic E-state index is 1.26. The molecular weight excluding hydrogens is 376 g/mol. The van der Waals surface area contributed by atoms with Crippen molar-refractivity contribution in [2.24, 2.45) is 0 Å². The molecule has 1 N–H and O–H groups in total. The van der Waals surface area contributed by atoms with Crippen LogP contribution in [0.5, 0.6) is 0 Å². The van der Waals surface area contributed by atoms with Crippen molar-refractivity contribution in [2.75, 3.05) is 0 Å². The van der Waals surface area contributed by atoms with Crippen LogP contribution in [0.1, 0.15) is 27.8 Å². The molecule has 0 spiro atoms. The molecular formula is C11H4F12O. The molecule has 0 saturated carbocycles. The Morgan fingerprint density at radius 1 is 0.583 bits per heavy atom. The summed E-state index contributed by atoms with van der Waals surface area (Å²) < 4.78 is 153. The second kappa shape index (κ2) is 5.70. The van der Waals surface area contributed by atoms with E-state index in [9.17, 15) is 52.7 Å². The molecule has 0 bridgehead atoms. The third kappa shape index (κ3) is 3.87. The summed E-state index contributed by atoms with van der Waals surface area (Å²) in [7, 11) is 0. The van der Waals surface area contributed by atoms with Gasteiger partial charge in [0.15, 0.2) is 0 Å². The van der Waals surface area contributed by atoms with E-state index in [1.165, 1.54) is 0 Å². The van der Waals surface area contributed by atoms with Crippen LogP contribution in [0.25, 0.3) is 0 Å². The van der Waals surface area contributed by atoms with Crippen molar-refractivity contribution in [3.8, 4) is 0 Å². The first-order valence-electron chi connectivity index (χ1n) is 5.51. The van der Waals surface area contributed by atoms with Gasteiger partial charge in [-0.15, -0.1) is 0 Å². The van der Waals surface area contributed by atoms with Crippen LogP contribution < -0.4 is 0 Å².